The molecule has 3 nitrogen and oxygen atoms in total. The normalized spacial score (nSPS) is 12.7. The highest BCUT2D eigenvalue weighted by atomic mass is 15.3. The molecular formula is C14H19N3. The van der Waals surface area contributed by atoms with E-state index in [9.17, 15) is 0 Å². The zero-order valence-electron chi connectivity index (χ0n) is 10.9. The average Bonchev–Trinajstić information content (AvgIpc) is 2.62. The van der Waals surface area contributed by atoms with E-state index in [1.165, 1.54) is 16.8 Å². The third-order valence-corrected chi connectivity index (χ3v) is 3.03. The van der Waals surface area contributed by atoms with E-state index in [4.69, 9.17) is 0 Å². The van der Waals surface area contributed by atoms with E-state index in [2.05, 4.69) is 47.7 Å². The fourth-order valence-electron chi connectivity index (χ4n) is 2.15. The molecular weight excluding hydrogens is 210 g/mol. The summed E-state index contributed by atoms with van der Waals surface area (Å²) in [5, 5.41) is 7.75. The summed E-state index contributed by atoms with van der Waals surface area (Å²) in [6.45, 7) is 4.12. The summed E-state index contributed by atoms with van der Waals surface area (Å²) in [6.07, 6.45) is 0. The first kappa shape index (κ1) is 11.9. The van der Waals surface area contributed by atoms with Crippen LogP contribution >= 0.6 is 0 Å². The van der Waals surface area contributed by atoms with Crippen LogP contribution < -0.4 is 5.32 Å². The van der Waals surface area contributed by atoms with Gasteiger partial charge in [-0.2, -0.15) is 5.10 Å². The molecule has 0 amide bonds. The Labute approximate surface area is 102 Å². The van der Waals surface area contributed by atoms with Crippen molar-refractivity contribution in [2.24, 2.45) is 7.05 Å². The van der Waals surface area contributed by atoms with Crippen LogP contribution in [0.1, 0.15) is 28.6 Å². The Balaban J connectivity index is 2.39. The second kappa shape index (κ2) is 4.72. The zero-order valence-corrected chi connectivity index (χ0v) is 10.9. The number of benzene rings is 1. The second-order valence-electron chi connectivity index (χ2n) is 4.47. The van der Waals surface area contributed by atoms with Gasteiger partial charge < -0.3 is 5.32 Å². The molecule has 0 saturated heterocycles. The van der Waals surface area contributed by atoms with Crippen molar-refractivity contribution in [3.05, 3.63) is 52.8 Å². The van der Waals surface area contributed by atoms with Gasteiger partial charge in [0.2, 0.25) is 0 Å². The molecule has 0 fully saturated rings. The molecule has 1 unspecified atom stereocenters. The standard InChI is InChI=1S/C14H19N3/c1-10-5-7-12(8-6-10)14(15-3)13-9-11(2)16-17(13)4/h5-9,14-15H,1-4H3. The Morgan fingerprint density at radius 1 is 1.18 bits per heavy atom. The first-order valence-corrected chi connectivity index (χ1v) is 5.86. The van der Waals surface area contributed by atoms with E-state index in [1.54, 1.807) is 0 Å². The van der Waals surface area contributed by atoms with Crippen LogP contribution in [0.15, 0.2) is 30.3 Å². The summed E-state index contributed by atoms with van der Waals surface area (Å²) in [4.78, 5) is 0. The first-order valence-electron chi connectivity index (χ1n) is 5.86. The van der Waals surface area contributed by atoms with Crippen molar-refractivity contribution >= 4 is 0 Å². The third-order valence-electron chi connectivity index (χ3n) is 3.03. The van der Waals surface area contributed by atoms with Crippen LogP contribution in [0.2, 0.25) is 0 Å². The van der Waals surface area contributed by atoms with E-state index >= 15 is 0 Å². The van der Waals surface area contributed by atoms with Crippen LogP contribution in [0, 0.1) is 13.8 Å². The van der Waals surface area contributed by atoms with Gasteiger partial charge in [0.15, 0.2) is 0 Å². The lowest BCUT2D eigenvalue weighted by Gasteiger charge is -2.17. The molecule has 17 heavy (non-hydrogen) atoms. The van der Waals surface area contributed by atoms with Crippen molar-refractivity contribution in [1.29, 1.82) is 0 Å². The average molecular weight is 229 g/mol. The Morgan fingerprint density at radius 3 is 2.29 bits per heavy atom. The highest BCUT2D eigenvalue weighted by molar-refractivity contribution is 5.31. The van der Waals surface area contributed by atoms with Crippen molar-refractivity contribution in [3.63, 3.8) is 0 Å². The lowest BCUT2D eigenvalue weighted by molar-refractivity contribution is 0.604. The molecule has 2 rings (SSSR count). The first-order chi connectivity index (χ1) is 8.11. The quantitative estimate of drug-likeness (QED) is 0.875. The molecule has 90 valence electrons. The molecule has 3 heteroatoms. The van der Waals surface area contributed by atoms with Crippen molar-refractivity contribution in [2.75, 3.05) is 7.05 Å². The highest BCUT2D eigenvalue weighted by Gasteiger charge is 2.15. The number of hydrogen-bond donors (Lipinski definition) is 1. The number of aromatic nitrogens is 2. The molecule has 1 atom stereocenters. The fourth-order valence-corrected chi connectivity index (χ4v) is 2.15. The predicted octanol–water partition coefficient (Wildman–Crippen LogP) is 2.35. The Morgan fingerprint density at radius 2 is 1.82 bits per heavy atom. The molecule has 0 bridgehead atoms. The summed E-state index contributed by atoms with van der Waals surface area (Å²) in [5.74, 6) is 0. The molecule has 0 radical (unpaired) electrons. The maximum absolute atomic E-state index is 4.40. The van der Waals surface area contributed by atoms with Gasteiger partial charge in [-0.15, -0.1) is 0 Å². The molecule has 1 aromatic heterocycles. The van der Waals surface area contributed by atoms with Gasteiger partial charge in [-0.05, 0) is 32.5 Å². The van der Waals surface area contributed by atoms with Crippen LogP contribution in [-0.4, -0.2) is 16.8 Å². The maximum atomic E-state index is 4.40. The maximum Gasteiger partial charge on any atom is 0.0745 e. The minimum Gasteiger partial charge on any atom is -0.308 e. The molecule has 1 aromatic carbocycles. The lowest BCUT2D eigenvalue weighted by Crippen LogP contribution is -2.20. The Kier molecular flexibility index (Phi) is 3.29. The summed E-state index contributed by atoms with van der Waals surface area (Å²) < 4.78 is 1.94. The fraction of sp³-hybridized carbons (Fsp3) is 0.357. The van der Waals surface area contributed by atoms with Crippen LogP contribution in [-0.2, 0) is 7.05 Å². The molecule has 0 aliphatic heterocycles. The van der Waals surface area contributed by atoms with E-state index in [1.807, 2.05) is 25.7 Å². The number of aryl methyl sites for hydroxylation is 3. The minimum absolute atomic E-state index is 0.196. The minimum atomic E-state index is 0.196. The Bertz CT molecular complexity index is 497. The third kappa shape index (κ3) is 2.39. The van der Waals surface area contributed by atoms with Gasteiger partial charge >= 0.3 is 0 Å². The van der Waals surface area contributed by atoms with E-state index in [0.29, 0.717) is 0 Å². The number of nitrogens with one attached hydrogen (secondary N) is 1. The summed E-state index contributed by atoms with van der Waals surface area (Å²) in [5.41, 5.74) is 4.79. The topological polar surface area (TPSA) is 29.9 Å². The zero-order chi connectivity index (χ0) is 12.4. The molecule has 1 N–H and O–H groups in total. The predicted molar refractivity (Wildman–Crippen MR) is 70.0 cm³/mol. The number of hydrogen-bond acceptors (Lipinski definition) is 2. The SMILES string of the molecule is CNC(c1ccc(C)cc1)c1cc(C)nn1C. The molecule has 0 aliphatic rings. The Hall–Kier alpha value is -1.61. The van der Waals surface area contributed by atoms with Gasteiger partial charge in [-0.25, -0.2) is 0 Å². The molecule has 0 aliphatic carbocycles. The lowest BCUT2D eigenvalue weighted by atomic mass is 10.0. The van der Waals surface area contributed by atoms with Gasteiger partial charge in [-0.1, -0.05) is 29.8 Å². The second-order valence-corrected chi connectivity index (χ2v) is 4.47. The molecule has 2 aromatic rings. The monoisotopic (exact) mass is 229 g/mol. The van der Waals surface area contributed by atoms with Crippen molar-refractivity contribution in [1.82, 2.24) is 15.1 Å². The molecule has 1 heterocycles. The van der Waals surface area contributed by atoms with Crippen molar-refractivity contribution in [3.8, 4) is 0 Å². The van der Waals surface area contributed by atoms with Crippen LogP contribution in [0.25, 0.3) is 0 Å². The summed E-state index contributed by atoms with van der Waals surface area (Å²) in [7, 11) is 3.97. The largest absolute Gasteiger partial charge is 0.308 e. The summed E-state index contributed by atoms with van der Waals surface area (Å²) in [6, 6.07) is 10.9. The van der Waals surface area contributed by atoms with Crippen molar-refractivity contribution in [2.45, 2.75) is 19.9 Å². The van der Waals surface area contributed by atoms with Crippen LogP contribution in [0.5, 0.6) is 0 Å². The van der Waals surface area contributed by atoms with E-state index < -0.39 is 0 Å². The van der Waals surface area contributed by atoms with Gasteiger partial charge in [0, 0.05) is 7.05 Å². The highest BCUT2D eigenvalue weighted by Crippen LogP contribution is 2.22. The van der Waals surface area contributed by atoms with E-state index in [0.717, 1.165) is 5.69 Å². The van der Waals surface area contributed by atoms with Gasteiger partial charge in [0.05, 0.1) is 17.4 Å². The number of nitrogens with zero attached hydrogens (tertiary/aromatic N) is 2. The van der Waals surface area contributed by atoms with Gasteiger partial charge in [-0.3, -0.25) is 4.68 Å². The summed E-state index contributed by atoms with van der Waals surface area (Å²) >= 11 is 0. The number of rotatable bonds is 3. The van der Waals surface area contributed by atoms with Crippen LogP contribution in [0.3, 0.4) is 0 Å². The van der Waals surface area contributed by atoms with Gasteiger partial charge in [0.25, 0.3) is 0 Å². The van der Waals surface area contributed by atoms with E-state index in [-0.39, 0.29) is 6.04 Å². The van der Waals surface area contributed by atoms with Crippen LogP contribution in [0.4, 0.5) is 0 Å². The van der Waals surface area contributed by atoms with Crippen molar-refractivity contribution < 1.29 is 0 Å². The molecule has 0 spiro atoms. The van der Waals surface area contributed by atoms with Gasteiger partial charge in [0.1, 0.15) is 0 Å². The molecule has 0 saturated carbocycles. The smallest absolute Gasteiger partial charge is 0.0745 e.